The number of nitrogens with two attached hydrogens (primary N) is 1. The number of hydrogen-bond donors (Lipinski definition) is 1. The third-order valence-electron chi connectivity index (χ3n) is 1.49. The Bertz CT molecular complexity index is 288. The van der Waals surface area contributed by atoms with E-state index in [2.05, 4.69) is 4.98 Å². The van der Waals surface area contributed by atoms with Crippen LogP contribution in [0.2, 0.25) is 0 Å². The average Bonchev–Trinajstić information content (AvgIpc) is 2.06. The number of aromatic nitrogens is 1. The quantitative estimate of drug-likeness (QED) is 0.668. The van der Waals surface area contributed by atoms with Gasteiger partial charge in [-0.2, -0.15) is 9.65 Å². The van der Waals surface area contributed by atoms with Crippen molar-refractivity contribution in [2.75, 3.05) is 0 Å². The van der Waals surface area contributed by atoms with Crippen molar-refractivity contribution in [2.24, 2.45) is 5.73 Å². The lowest BCUT2D eigenvalue weighted by atomic mass is 10.1. The standard InChI is InChI=1S/C8H8FN3/c9-8-2-1-6(5-12-8)7(11)3-4-10/h1-2,5,7H,3,11H2/t7-/m1/s1. The number of pyridine rings is 1. The summed E-state index contributed by atoms with van der Waals surface area (Å²) in [6.45, 7) is 0. The molecule has 1 atom stereocenters. The Balaban J connectivity index is 2.76. The van der Waals surface area contributed by atoms with E-state index < -0.39 is 5.95 Å². The van der Waals surface area contributed by atoms with Crippen molar-refractivity contribution >= 4 is 0 Å². The van der Waals surface area contributed by atoms with E-state index in [4.69, 9.17) is 11.0 Å². The Kier molecular flexibility index (Phi) is 2.72. The zero-order valence-electron chi connectivity index (χ0n) is 6.37. The lowest BCUT2D eigenvalue weighted by Gasteiger charge is -2.05. The largest absolute Gasteiger partial charge is 0.323 e. The van der Waals surface area contributed by atoms with E-state index in [9.17, 15) is 4.39 Å². The molecule has 0 amide bonds. The molecule has 2 N–H and O–H groups in total. The molecule has 0 aliphatic rings. The molecule has 0 aromatic carbocycles. The Hall–Kier alpha value is -1.47. The van der Waals surface area contributed by atoms with Crippen molar-refractivity contribution in [1.82, 2.24) is 4.98 Å². The summed E-state index contributed by atoms with van der Waals surface area (Å²) in [6, 6.07) is 4.32. The predicted octanol–water partition coefficient (Wildman–Crippen LogP) is 1.13. The van der Waals surface area contributed by atoms with Crippen molar-refractivity contribution in [3.05, 3.63) is 29.8 Å². The van der Waals surface area contributed by atoms with Gasteiger partial charge in [0, 0.05) is 12.2 Å². The van der Waals surface area contributed by atoms with Crippen molar-refractivity contribution in [3.63, 3.8) is 0 Å². The van der Waals surface area contributed by atoms with Crippen molar-refractivity contribution in [3.8, 4) is 6.07 Å². The van der Waals surface area contributed by atoms with Crippen LogP contribution >= 0.6 is 0 Å². The molecule has 0 aliphatic heterocycles. The highest BCUT2D eigenvalue weighted by molar-refractivity contribution is 5.14. The van der Waals surface area contributed by atoms with Crippen molar-refractivity contribution in [2.45, 2.75) is 12.5 Å². The topological polar surface area (TPSA) is 62.7 Å². The zero-order valence-corrected chi connectivity index (χ0v) is 6.37. The summed E-state index contributed by atoms with van der Waals surface area (Å²) in [5, 5.41) is 8.33. The molecule has 1 heterocycles. The van der Waals surface area contributed by atoms with Crippen LogP contribution in [-0.2, 0) is 0 Å². The summed E-state index contributed by atoms with van der Waals surface area (Å²) in [4.78, 5) is 3.43. The van der Waals surface area contributed by atoms with Gasteiger partial charge >= 0.3 is 0 Å². The van der Waals surface area contributed by atoms with Crippen LogP contribution in [0.3, 0.4) is 0 Å². The van der Waals surface area contributed by atoms with Gasteiger partial charge in [-0.15, -0.1) is 0 Å². The van der Waals surface area contributed by atoms with Crippen LogP contribution in [0.15, 0.2) is 18.3 Å². The highest BCUT2D eigenvalue weighted by Crippen LogP contribution is 2.11. The van der Waals surface area contributed by atoms with Gasteiger partial charge in [0.25, 0.3) is 0 Å². The van der Waals surface area contributed by atoms with Gasteiger partial charge < -0.3 is 5.73 Å². The molecule has 0 unspecified atom stereocenters. The molecule has 0 spiro atoms. The number of rotatable bonds is 2. The molecule has 0 fully saturated rings. The van der Waals surface area contributed by atoms with Gasteiger partial charge in [0.2, 0.25) is 5.95 Å². The highest BCUT2D eigenvalue weighted by Gasteiger charge is 2.04. The van der Waals surface area contributed by atoms with Crippen LogP contribution in [0, 0.1) is 17.3 Å². The third-order valence-corrected chi connectivity index (χ3v) is 1.49. The van der Waals surface area contributed by atoms with Gasteiger partial charge in [-0.05, 0) is 11.6 Å². The molecule has 0 saturated heterocycles. The molecule has 0 radical (unpaired) electrons. The SMILES string of the molecule is N#CC[C@@H](N)c1ccc(F)nc1. The Morgan fingerprint density at radius 1 is 1.67 bits per heavy atom. The second-order valence-corrected chi connectivity index (χ2v) is 2.38. The Morgan fingerprint density at radius 3 is 2.92 bits per heavy atom. The fraction of sp³-hybridized carbons (Fsp3) is 0.250. The first-order chi connectivity index (χ1) is 5.74. The molecule has 0 saturated carbocycles. The van der Waals surface area contributed by atoms with Crippen LogP contribution in [0.5, 0.6) is 0 Å². The van der Waals surface area contributed by atoms with Gasteiger partial charge in [0.1, 0.15) is 0 Å². The third kappa shape index (κ3) is 2.01. The lowest BCUT2D eigenvalue weighted by molar-refractivity contribution is 0.579. The maximum Gasteiger partial charge on any atom is 0.212 e. The van der Waals surface area contributed by atoms with E-state index in [-0.39, 0.29) is 12.5 Å². The van der Waals surface area contributed by atoms with Gasteiger partial charge in [0.15, 0.2) is 0 Å². The van der Waals surface area contributed by atoms with Crippen LogP contribution in [0.25, 0.3) is 0 Å². The number of halogens is 1. The maximum atomic E-state index is 12.3. The summed E-state index contributed by atoms with van der Waals surface area (Å²) in [5.74, 6) is -0.539. The number of nitriles is 1. The first kappa shape index (κ1) is 8.62. The minimum absolute atomic E-state index is 0.216. The first-order valence-electron chi connectivity index (χ1n) is 3.48. The smallest absolute Gasteiger partial charge is 0.212 e. The number of nitrogens with zero attached hydrogens (tertiary/aromatic N) is 2. The molecule has 3 nitrogen and oxygen atoms in total. The fourth-order valence-corrected chi connectivity index (χ4v) is 0.823. The normalized spacial score (nSPS) is 12.1. The molecule has 62 valence electrons. The van der Waals surface area contributed by atoms with Crippen molar-refractivity contribution in [1.29, 1.82) is 5.26 Å². The monoisotopic (exact) mass is 165 g/mol. The van der Waals surface area contributed by atoms with Gasteiger partial charge in [0.05, 0.1) is 12.5 Å². The summed E-state index contributed by atoms with van der Waals surface area (Å²) in [6.07, 6.45) is 1.56. The van der Waals surface area contributed by atoms with Crippen molar-refractivity contribution < 1.29 is 4.39 Å². The average molecular weight is 165 g/mol. The summed E-state index contributed by atoms with van der Waals surface area (Å²) in [7, 11) is 0. The summed E-state index contributed by atoms with van der Waals surface area (Å²) >= 11 is 0. The molecule has 1 aromatic heterocycles. The fourth-order valence-electron chi connectivity index (χ4n) is 0.823. The molecule has 1 rings (SSSR count). The van der Waals surface area contributed by atoms with E-state index in [1.807, 2.05) is 6.07 Å². The second-order valence-electron chi connectivity index (χ2n) is 2.38. The molecule has 4 heteroatoms. The minimum atomic E-state index is -0.539. The zero-order chi connectivity index (χ0) is 8.97. The van der Waals surface area contributed by atoms with Crippen LogP contribution in [0.1, 0.15) is 18.0 Å². The van der Waals surface area contributed by atoms with E-state index in [1.54, 1.807) is 0 Å². The summed E-state index contributed by atoms with van der Waals surface area (Å²) < 4.78 is 12.3. The summed E-state index contributed by atoms with van der Waals surface area (Å²) in [5.41, 5.74) is 6.25. The Morgan fingerprint density at radius 2 is 2.42 bits per heavy atom. The maximum absolute atomic E-state index is 12.3. The minimum Gasteiger partial charge on any atom is -0.323 e. The Labute approximate surface area is 69.6 Å². The van der Waals surface area contributed by atoms with Gasteiger partial charge in [-0.1, -0.05) is 6.07 Å². The highest BCUT2D eigenvalue weighted by atomic mass is 19.1. The lowest BCUT2D eigenvalue weighted by Crippen LogP contribution is -2.09. The molecule has 0 bridgehead atoms. The first-order valence-corrected chi connectivity index (χ1v) is 3.48. The predicted molar refractivity (Wildman–Crippen MR) is 41.4 cm³/mol. The molecule has 0 aliphatic carbocycles. The second kappa shape index (κ2) is 3.79. The van der Waals surface area contributed by atoms with E-state index in [0.717, 1.165) is 0 Å². The van der Waals surface area contributed by atoms with Crippen LogP contribution in [-0.4, -0.2) is 4.98 Å². The molecule has 1 aromatic rings. The molecular weight excluding hydrogens is 157 g/mol. The molecular formula is C8H8FN3. The van der Waals surface area contributed by atoms with E-state index >= 15 is 0 Å². The molecule has 12 heavy (non-hydrogen) atoms. The van der Waals surface area contributed by atoms with Crippen LogP contribution in [0.4, 0.5) is 4.39 Å². The van der Waals surface area contributed by atoms with Crippen LogP contribution < -0.4 is 5.73 Å². The van der Waals surface area contributed by atoms with E-state index in [0.29, 0.717) is 5.56 Å². The van der Waals surface area contributed by atoms with Gasteiger partial charge in [-0.3, -0.25) is 0 Å². The van der Waals surface area contributed by atoms with E-state index in [1.165, 1.54) is 18.3 Å². The number of hydrogen-bond acceptors (Lipinski definition) is 3. The van der Waals surface area contributed by atoms with Gasteiger partial charge in [-0.25, -0.2) is 4.98 Å².